The minimum atomic E-state index is -0.345. The quantitative estimate of drug-likeness (QED) is 0.721. The monoisotopic (exact) mass is 341 g/mol. The number of rotatable bonds is 1. The summed E-state index contributed by atoms with van der Waals surface area (Å²) >= 11 is 3.61. The number of halogens is 1. The Bertz CT molecular complexity index is 473. The van der Waals surface area contributed by atoms with Crippen LogP contribution in [0.25, 0.3) is 0 Å². The van der Waals surface area contributed by atoms with Crippen LogP contribution in [0.1, 0.15) is 47.5 Å². The van der Waals surface area contributed by atoms with Gasteiger partial charge in [0.15, 0.2) is 0 Å². The van der Waals surface area contributed by atoms with Crippen LogP contribution in [0.4, 0.5) is 0 Å². The summed E-state index contributed by atoms with van der Waals surface area (Å²) in [5.74, 6) is 1.15. The highest BCUT2D eigenvalue weighted by Gasteiger charge is 2.46. The van der Waals surface area contributed by atoms with Crippen LogP contribution in [-0.4, -0.2) is 29.5 Å². The van der Waals surface area contributed by atoms with Crippen molar-refractivity contribution in [1.82, 2.24) is 4.90 Å². The predicted octanol–water partition coefficient (Wildman–Crippen LogP) is 4.00. The maximum Gasteiger partial charge on any atom is 0.228 e. The molecule has 0 radical (unpaired) electrons. The summed E-state index contributed by atoms with van der Waals surface area (Å²) in [5.41, 5.74) is 0.799. The van der Waals surface area contributed by atoms with Gasteiger partial charge in [-0.1, -0.05) is 49.7 Å². The molecule has 2 aliphatic rings. The molecule has 0 aromatic heterocycles. The van der Waals surface area contributed by atoms with E-state index in [9.17, 15) is 4.79 Å². The number of likely N-dealkylation sites (tertiary alicyclic amines) is 1. The fourth-order valence-corrected chi connectivity index (χ4v) is 3.25. The van der Waals surface area contributed by atoms with Crippen LogP contribution in [0.2, 0.25) is 0 Å². The second kappa shape index (κ2) is 5.55. The second-order valence-corrected chi connectivity index (χ2v) is 7.49. The second-order valence-electron chi connectivity index (χ2n) is 6.53. The lowest BCUT2D eigenvalue weighted by molar-refractivity contribution is -0.139. The Balaban J connectivity index is 2.36. The number of amides is 1. The fourth-order valence-electron chi connectivity index (χ4n) is 2.92. The molecule has 2 heterocycles. The van der Waals surface area contributed by atoms with Crippen molar-refractivity contribution in [1.29, 1.82) is 0 Å². The molecule has 2 saturated heterocycles. The number of hydrogen-bond donors (Lipinski definition) is 0. The SMILES string of the molecule is C/C=C1\C(=C(\Br)CC)O[C@H]2C[C@@H]1N(C(=O)C(C)(C)C)C2. The van der Waals surface area contributed by atoms with Crippen molar-refractivity contribution >= 4 is 21.8 Å². The summed E-state index contributed by atoms with van der Waals surface area (Å²) in [6, 6.07) is 0.166. The molecule has 0 aromatic carbocycles. The third-order valence-electron chi connectivity index (χ3n) is 3.94. The topological polar surface area (TPSA) is 29.5 Å². The lowest BCUT2D eigenvalue weighted by Gasteiger charge is -2.32. The van der Waals surface area contributed by atoms with E-state index >= 15 is 0 Å². The van der Waals surface area contributed by atoms with Crippen LogP contribution >= 0.6 is 15.9 Å². The van der Waals surface area contributed by atoms with Gasteiger partial charge in [0.25, 0.3) is 0 Å². The molecule has 0 spiro atoms. The normalized spacial score (nSPS) is 30.5. The van der Waals surface area contributed by atoms with E-state index in [1.165, 1.54) is 0 Å². The summed E-state index contributed by atoms with van der Waals surface area (Å²) in [6.45, 7) is 10.8. The van der Waals surface area contributed by atoms with Gasteiger partial charge in [0, 0.05) is 21.9 Å². The number of nitrogens with zero attached hydrogens (tertiary/aromatic N) is 1. The maximum atomic E-state index is 12.6. The Labute approximate surface area is 130 Å². The van der Waals surface area contributed by atoms with E-state index in [2.05, 4.69) is 28.9 Å². The average Bonchev–Trinajstić information content (AvgIpc) is 2.73. The Morgan fingerprint density at radius 3 is 2.65 bits per heavy atom. The highest BCUT2D eigenvalue weighted by molar-refractivity contribution is 9.11. The lowest BCUT2D eigenvalue weighted by Crippen LogP contribution is -2.43. The maximum absolute atomic E-state index is 12.6. The van der Waals surface area contributed by atoms with Gasteiger partial charge in [-0.15, -0.1) is 0 Å². The summed E-state index contributed by atoms with van der Waals surface area (Å²) in [7, 11) is 0. The molecule has 2 aliphatic heterocycles. The zero-order valence-electron chi connectivity index (χ0n) is 13.0. The molecule has 2 fully saturated rings. The van der Waals surface area contributed by atoms with Crippen LogP contribution < -0.4 is 0 Å². The third-order valence-corrected chi connectivity index (χ3v) is 4.86. The van der Waals surface area contributed by atoms with Crippen molar-refractivity contribution in [3.63, 3.8) is 0 Å². The van der Waals surface area contributed by atoms with Crippen molar-refractivity contribution in [2.24, 2.45) is 5.41 Å². The molecule has 0 aromatic rings. The predicted molar refractivity (Wildman–Crippen MR) is 84.4 cm³/mol. The standard InChI is InChI=1S/C16H24BrNO2/c1-6-11-13-8-10(20-14(11)12(17)7-2)9-18(13)15(19)16(3,4)5/h6,10,13H,7-9H2,1-5H3/b11-6-,14-12-/t10-,13-/m0/s1. The highest BCUT2D eigenvalue weighted by Crippen LogP contribution is 2.41. The van der Waals surface area contributed by atoms with E-state index in [1.807, 2.05) is 32.6 Å². The Morgan fingerprint density at radius 2 is 2.15 bits per heavy atom. The van der Waals surface area contributed by atoms with E-state index in [-0.39, 0.29) is 23.5 Å². The third kappa shape index (κ3) is 2.67. The molecule has 0 saturated carbocycles. The van der Waals surface area contributed by atoms with Gasteiger partial charge in [-0.25, -0.2) is 0 Å². The Kier molecular flexibility index (Phi) is 4.33. The highest BCUT2D eigenvalue weighted by atomic mass is 79.9. The molecular formula is C16H24BrNO2. The van der Waals surface area contributed by atoms with Crippen molar-refractivity contribution in [3.8, 4) is 0 Å². The van der Waals surface area contributed by atoms with Crippen LogP contribution in [0.5, 0.6) is 0 Å². The van der Waals surface area contributed by atoms with Gasteiger partial charge in [0.2, 0.25) is 5.91 Å². The summed E-state index contributed by atoms with van der Waals surface area (Å²) in [4.78, 5) is 14.6. The van der Waals surface area contributed by atoms with Crippen molar-refractivity contribution in [3.05, 3.63) is 21.9 Å². The number of allylic oxidation sites excluding steroid dienone is 2. The minimum absolute atomic E-state index is 0.129. The van der Waals surface area contributed by atoms with Crippen LogP contribution in [-0.2, 0) is 9.53 Å². The van der Waals surface area contributed by atoms with Crippen LogP contribution in [0, 0.1) is 5.41 Å². The summed E-state index contributed by atoms with van der Waals surface area (Å²) < 4.78 is 7.19. The summed E-state index contributed by atoms with van der Waals surface area (Å²) in [6.07, 6.45) is 4.03. The molecule has 2 atom stereocenters. The number of carbonyl (C=O) groups excluding carboxylic acids is 1. The number of carbonyl (C=O) groups is 1. The number of hydrogen-bond acceptors (Lipinski definition) is 2. The molecule has 2 bridgehead atoms. The molecule has 112 valence electrons. The molecule has 2 rings (SSSR count). The van der Waals surface area contributed by atoms with Gasteiger partial charge >= 0.3 is 0 Å². The lowest BCUT2D eigenvalue weighted by atomic mass is 9.92. The van der Waals surface area contributed by atoms with Crippen molar-refractivity contribution < 1.29 is 9.53 Å². The first kappa shape index (κ1) is 15.6. The van der Waals surface area contributed by atoms with Gasteiger partial charge in [-0.05, 0) is 13.3 Å². The molecular weight excluding hydrogens is 318 g/mol. The van der Waals surface area contributed by atoms with Crippen molar-refractivity contribution in [2.45, 2.75) is 59.6 Å². The first-order valence-electron chi connectivity index (χ1n) is 7.32. The van der Waals surface area contributed by atoms with Gasteiger partial charge in [-0.3, -0.25) is 4.79 Å². The van der Waals surface area contributed by atoms with Crippen LogP contribution in [0.15, 0.2) is 21.9 Å². The largest absolute Gasteiger partial charge is 0.487 e. The Morgan fingerprint density at radius 1 is 1.50 bits per heavy atom. The smallest absolute Gasteiger partial charge is 0.228 e. The van der Waals surface area contributed by atoms with Gasteiger partial charge < -0.3 is 9.64 Å². The van der Waals surface area contributed by atoms with Gasteiger partial charge in [0.05, 0.1) is 12.6 Å². The van der Waals surface area contributed by atoms with E-state index in [0.717, 1.165) is 28.7 Å². The zero-order chi connectivity index (χ0) is 15.1. The average molecular weight is 342 g/mol. The molecule has 0 aliphatic carbocycles. The molecule has 20 heavy (non-hydrogen) atoms. The van der Waals surface area contributed by atoms with Gasteiger partial charge in [-0.2, -0.15) is 0 Å². The number of ether oxygens (including phenoxy) is 1. The number of fused-ring (bicyclic) bond motifs is 2. The minimum Gasteiger partial charge on any atom is -0.487 e. The van der Waals surface area contributed by atoms with Crippen LogP contribution in [0.3, 0.4) is 0 Å². The molecule has 0 N–H and O–H groups in total. The molecule has 1 amide bonds. The van der Waals surface area contributed by atoms with E-state index in [1.54, 1.807) is 0 Å². The van der Waals surface area contributed by atoms with Crippen molar-refractivity contribution in [2.75, 3.05) is 6.54 Å². The molecule has 3 nitrogen and oxygen atoms in total. The fraction of sp³-hybridized carbons (Fsp3) is 0.688. The van der Waals surface area contributed by atoms with E-state index in [0.29, 0.717) is 6.54 Å². The first-order valence-corrected chi connectivity index (χ1v) is 8.11. The zero-order valence-corrected chi connectivity index (χ0v) is 14.6. The molecule has 4 heteroatoms. The van der Waals surface area contributed by atoms with E-state index in [4.69, 9.17) is 4.74 Å². The Hall–Kier alpha value is -0.770. The van der Waals surface area contributed by atoms with E-state index < -0.39 is 0 Å². The van der Waals surface area contributed by atoms with Gasteiger partial charge in [0.1, 0.15) is 11.9 Å². The summed E-state index contributed by atoms with van der Waals surface area (Å²) in [5, 5.41) is 0. The first-order chi connectivity index (χ1) is 9.29. The molecule has 0 unspecified atom stereocenters.